The van der Waals surface area contributed by atoms with Gasteiger partial charge in [0.05, 0.1) is 5.69 Å². The van der Waals surface area contributed by atoms with Gasteiger partial charge in [0, 0.05) is 20.0 Å². The number of halogens is 3. The van der Waals surface area contributed by atoms with E-state index in [4.69, 9.17) is 0 Å². The third-order valence-electron chi connectivity index (χ3n) is 1.84. The second-order valence-corrected chi connectivity index (χ2v) is 5.65. The summed E-state index contributed by atoms with van der Waals surface area (Å²) in [6.07, 6.45) is 2.40. The van der Waals surface area contributed by atoms with Gasteiger partial charge >= 0.3 is 0 Å². The molecule has 0 fully saturated rings. The quantitative estimate of drug-likeness (QED) is 0.703. The van der Waals surface area contributed by atoms with Crippen molar-refractivity contribution in [1.82, 2.24) is 0 Å². The van der Waals surface area contributed by atoms with E-state index in [1.807, 2.05) is 12.1 Å². The van der Waals surface area contributed by atoms with E-state index in [0.29, 0.717) is 0 Å². The third-order valence-corrected chi connectivity index (χ3v) is 3.55. The van der Waals surface area contributed by atoms with Crippen molar-refractivity contribution in [3.8, 4) is 0 Å². The Labute approximate surface area is 110 Å². The number of anilines is 1. The lowest BCUT2D eigenvalue weighted by Gasteiger charge is -2.10. The van der Waals surface area contributed by atoms with Crippen LogP contribution in [0.4, 0.5) is 5.69 Å². The van der Waals surface area contributed by atoms with Crippen molar-refractivity contribution in [2.45, 2.75) is 19.8 Å². The number of hydrogen-bond donors (Lipinski definition) is 1. The Morgan fingerprint density at radius 2 is 1.71 bits per heavy atom. The predicted molar refractivity (Wildman–Crippen MR) is 72.9 cm³/mol. The fourth-order valence-corrected chi connectivity index (χ4v) is 3.64. The second-order valence-electron chi connectivity index (χ2n) is 3.02. The van der Waals surface area contributed by atoms with Crippen LogP contribution >= 0.6 is 47.8 Å². The van der Waals surface area contributed by atoms with Crippen LogP contribution in [0.5, 0.6) is 0 Å². The lowest BCUT2D eigenvalue weighted by atomic mass is 10.3. The molecule has 0 aliphatic rings. The maximum absolute atomic E-state index is 3.53. The molecule has 0 saturated heterocycles. The number of rotatable bonds is 4. The Kier molecular flexibility index (Phi) is 5.49. The summed E-state index contributed by atoms with van der Waals surface area (Å²) in [4.78, 5) is 0. The number of hydrogen-bond acceptors (Lipinski definition) is 1. The first-order valence-corrected chi connectivity index (χ1v) is 6.91. The molecule has 1 aromatic carbocycles. The minimum Gasteiger partial charge on any atom is -0.383 e. The summed E-state index contributed by atoms with van der Waals surface area (Å²) >= 11 is 10.5. The van der Waals surface area contributed by atoms with Crippen LogP contribution in [0.25, 0.3) is 0 Å². The molecule has 0 bridgehead atoms. The van der Waals surface area contributed by atoms with E-state index in [2.05, 4.69) is 60.0 Å². The van der Waals surface area contributed by atoms with Crippen LogP contribution in [0.3, 0.4) is 0 Å². The fraction of sp³-hybridized carbons (Fsp3) is 0.400. The van der Waals surface area contributed by atoms with Crippen molar-refractivity contribution in [3.05, 3.63) is 25.6 Å². The summed E-state index contributed by atoms with van der Waals surface area (Å²) < 4.78 is 3.22. The van der Waals surface area contributed by atoms with Crippen molar-refractivity contribution in [3.63, 3.8) is 0 Å². The summed E-state index contributed by atoms with van der Waals surface area (Å²) in [5.41, 5.74) is 1.13. The average Bonchev–Trinajstić information content (AvgIpc) is 2.09. The van der Waals surface area contributed by atoms with Crippen LogP contribution in [0.2, 0.25) is 0 Å². The smallest absolute Gasteiger partial charge is 0.0629 e. The van der Waals surface area contributed by atoms with Crippen molar-refractivity contribution < 1.29 is 0 Å². The van der Waals surface area contributed by atoms with Crippen LogP contribution in [-0.2, 0) is 0 Å². The number of benzene rings is 1. The number of nitrogens with one attached hydrogen (secondary N) is 1. The Morgan fingerprint density at radius 3 is 2.21 bits per heavy atom. The van der Waals surface area contributed by atoms with Gasteiger partial charge < -0.3 is 5.32 Å². The molecule has 0 amide bonds. The van der Waals surface area contributed by atoms with Gasteiger partial charge in [-0.2, -0.15) is 0 Å². The molecule has 1 aromatic rings. The molecule has 0 spiro atoms. The van der Waals surface area contributed by atoms with Crippen molar-refractivity contribution >= 4 is 53.5 Å². The highest BCUT2D eigenvalue weighted by Gasteiger charge is 2.05. The van der Waals surface area contributed by atoms with Crippen molar-refractivity contribution in [1.29, 1.82) is 0 Å². The maximum atomic E-state index is 3.53. The van der Waals surface area contributed by atoms with Crippen LogP contribution in [0.1, 0.15) is 19.8 Å². The average molecular weight is 386 g/mol. The van der Waals surface area contributed by atoms with Gasteiger partial charge in [-0.1, -0.05) is 29.3 Å². The molecule has 78 valence electrons. The summed E-state index contributed by atoms with van der Waals surface area (Å²) in [6, 6.07) is 4.08. The molecule has 0 aliphatic carbocycles. The molecular weight excluding hydrogens is 374 g/mol. The highest BCUT2D eigenvalue weighted by molar-refractivity contribution is 9.11. The van der Waals surface area contributed by atoms with Gasteiger partial charge in [-0.05, 0) is 50.4 Å². The van der Waals surface area contributed by atoms with Gasteiger partial charge in [-0.15, -0.1) is 0 Å². The van der Waals surface area contributed by atoms with Crippen LogP contribution in [0, 0.1) is 0 Å². The lowest BCUT2D eigenvalue weighted by molar-refractivity contribution is 0.833. The van der Waals surface area contributed by atoms with E-state index in [9.17, 15) is 0 Å². The molecule has 0 unspecified atom stereocenters. The normalized spacial score (nSPS) is 10.3. The number of unbranched alkanes of at least 4 members (excludes halogenated alkanes) is 1. The predicted octanol–water partition coefficient (Wildman–Crippen LogP) is 5.19. The molecule has 14 heavy (non-hydrogen) atoms. The Morgan fingerprint density at radius 1 is 1.14 bits per heavy atom. The summed E-state index contributed by atoms with van der Waals surface area (Å²) in [5.74, 6) is 0. The molecular formula is C10H12Br3N. The minimum absolute atomic E-state index is 1.01. The standard InChI is InChI=1S/C10H12Br3N/c1-2-3-4-14-10-8(12)5-7(11)6-9(10)13/h5-6,14H,2-4H2,1H3. The van der Waals surface area contributed by atoms with E-state index in [1.165, 1.54) is 12.8 Å². The Balaban J connectivity index is 2.75. The first-order valence-electron chi connectivity index (χ1n) is 4.53. The monoisotopic (exact) mass is 383 g/mol. The van der Waals surface area contributed by atoms with Gasteiger partial charge in [0.2, 0.25) is 0 Å². The van der Waals surface area contributed by atoms with Gasteiger partial charge in [0.25, 0.3) is 0 Å². The van der Waals surface area contributed by atoms with Gasteiger partial charge in [0.15, 0.2) is 0 Å². The first-order chi connectivity index (χ1) is 6.65. The zero-order valence-electron chi connectivity index (χ0n) is 7.91. The van der Waals surface area contributed by atoms with Crippen molar-refractivity contribution in [2.24, 2.45) is 0 Å². The van der Waals surface area contributed by atoms with Gasteiger partial charge in [-0.3, -0.25) is 0 Å². The van der Waals surface area contributed by atoms with E-state index in [-0.39, 0.29) is 0 Å². The molecule has 1 N–H and O–H groups in total. The summed E-state index contributed by atoms with van der Waals surface area (Å²) in [6.45, 7) is 3.20. The van der Waals surface area contributed by atoms with Gasteiger partial charge in [-0.25, -0.2) is 0 Å². The lowest BCUT2D eigenvalue weighted by Crippen LogP contribution is -2.02. The molecule has 4 heteroatoms. The zero-order valence-corrected chi connectivity index (χ0v) is 12.7. The molecule has 1 rings (SSSR count). The third kappa shape index (κ3) is 3.55. The first kappa shape index (κ1) is 12.5. The van der Waals surface area contributed by atoms with Gasteiger partial charge in [0.1, 0.15) is 0 Å². The Bertz CT molecular complexity index is 289. The molecule has 0 aliphatic heterocycles. The molecule has 0 atom stereocenters. The minimum atomic E-state index is 1.01. The summed E-state index contributed by atoms with van der Waals surface area (Å²) in [5, 5.41) is 3.39. The fourth-order valence-electron chi connectivity index (χ4n) is 1.10. The molecule has 0 heterocycles. The molecule has 0 radical (unpaired) electrons. The van der Waals surface area contributed by atoms with Crippen molar-refractivity contribution in [2.75, 3.05) is 11.9 Å². The van der Waals surface area contributed by atoms with E-state index in [1.54, 1.807) is 0 Å². The molecule has 0 aromatic heterocycles. The van der Waals surface area contributed by atoms with E-state index >= 15 is 0 Å². The molecule has 0 saturated carbocycles. The SMILES string of the molecule is CCCCNc1c(Br)cc(Br)cc1Br. The van der Waals surface area contributed by atoms with Crippen LogP contribution in [-0.4, -0.2) is 6.54 Å². The zero-order chi connectivity index (χ0) is 10.6. The largest absolute Gasteiger partial charge is 0.383 e. The Hall–Kier alpha value is 0.460. The van der Waals surface area contributed by atoms with Crippen LogP contribution in [0.15, 0.2) is 25.6 Å². The highest BCUT2D eigenvalue weighted by atomic mass is 79.9. The second kappa shape index (κ2) is 6.13. The highest BCUT2D eigenvalue weighted by Crippen LogP contribution is 2.34. The van der Waals surface area contributed by atoms with Crippen LogP contribution < -0.4 is 5.32 Å². The topological polar surface area (TPSA) is 12.0 Å². The molecule has 1 nitrogen and oxygen atoms in total. The van der Waals surface area contributed by atoms with E-state index in [0.717, 1.165) is 25.7 Å². The van der Waals surface area contributed by atoms with E-state index < -0.39 is 0 Å². The summed E-state index contributed by atoms with van der Waals surface area (Å²) in [7, 11) is 0. The maximum Gasteiger partial charge on any atom is 0.0629 e.